The summed E-state index contributed by atoms with van der Waals surface area (Å²) in [6, 6.07) is 14.1. The highest BCUT2D eigenvalue weighted by Gasteiger charge is 2.22. The van der Waals surface area contributed by atoms with Crippen LogP contribution in [0.4, 0.5) is 0 Å². The maximum atomic E-state index is 13.3. The van der Waals surface area contributed by atoms with Crippen molar-refractivity contribution < 1.29 is 4.79 Å². The van der Waals surface area contributed by atoms with Gasteiger partial charge in [-0.1, -0.05) is 32.0 Å². The second-order valence-corrected chi connectivity index (χ2v) is 7.38. The van der Waals surface area contributed by atoms with E-state index >= 15 is 0 Å². The van der Waals surface area contributed by atoms with Crippen LogP contribution in [0.1, 0.15) is 42.7 Å². The average molecular weight is 368 g/mol. The molecule has 0 saturated carbocycles. The number of amides is 1. The van der Waals surface area contributed by atoms with Crippen LogP contribution in [-0.4, -0.2) is 33.7 Å². The predicted octanol–water partition coefficient (Wildman–Crippen LogP) is 5.17. The van der Waals surface area contributed by atoms with Crippen LogP contribution in [0.25, 0.3) is 16.3 Å². The van der Waals surface area contributed by atoms with Crippen LogP contribution >= 0.6 is 11.3 Å². The van der Waals surface area contributed by atoms with Crippen molar-refractivity contribution in [3.05, 3.63) is 59.1 Å². The van der Waals surface area contributed by atoms with E-state index in [0.717, 1.165) is 47.8 Å². The molecule has 2 aromatic heterocycles. The highest BCUT2D eigenvalue weighted by Crippen LogP contribution is 2.26. The molecule has 0 fully saturated rings. The summed E-state index contributed by atoms with van der Waals surface area (Å²) in [5.41, 5.74) is 3.54. The van der Waals surface area contributed by atoms with Gasteiger partial charge in [0.1, 0.15) is 11.4 Å². The lowest BCUT2D eigenvalue weighted by Gasteiger charge is -2.21. The minimum absolute atomic E-state index is 0.0468. The Hall–Kier alpha value is -2.40. The molecule has 0 N–H and O–H groups in total. The molecule has 1 amide bonds. The summed E-state index contributed by atoms with van der Waals surface area (Å²) in [6.07, 6.45) is 1.89. The van der Waals surface area contributed by atoms with Crippen molar-refractivity contribution in [2.24, 2.45) is 0 Å². The predicted molar refractivity (Wildman–Crippen MR) is 108 cm³/mol. The Morgan fingerprint density at radius 1 is 1.12 bits per heavy atom. The molecule has 0 aliphatic heterocycles. The number of thiophene rings is 1. The van der Waals surface area contributed by atoms with Crippen LogP contribution < -0.4 is 0 Å². The van der Waals surface area contributed by atoms with Gasteiger partial charge in [0.15, 0.2) is 0 Å². The van der Waals surface area contributed by atoms with E-state index in [-0.39, 0.29) is 5.91 Å². The van der Waals surface area contributed by atoms with Crippen LogP contribution in [0.5, 0.6) is 0 Å². The number of benzene rings is 1. The average Bonchev–Trinajstić information content (AvgIpc) is 3.30. The van der Waals surface area contributed by atoms with E-state index in [9.17, 15) is 4.79 Å². The quantitative estimate of drug-likeness (QED) is 0.578. The Labute approximate surface area is 159 Å². The third-order valence-electron chi connectivity index (χ3n) is 4.22. The number of carbonyl (C=O) groups is 1. The Balaban J connectivity index is 2.08. The summed E-state index contributed by atoms with van der Waals surface area (Å²) in [6.45, 7) is 7.78. The Morgan fingerprint density at radius 3 is 2.50 bits per heavy atom. The molecule has 0 saturated heterocycles. The van der Waals surface area contributed by atoms with E-state index in [1.807, 2.05) is 40.6 Å². The molecule has 0 radical (unpaired) electrons. The van der Waals surface area contributed by atoms with E-state index in [0.29, 0.717) is 5.69 Å². The molecule has 0 aliphatic carbocycles. The number of hydrogen-bond acceptors (Lipinski definition) is 3. The van der Waals surface area contributed by atoms with Gasteiger partial charge in [-0.25, -0.2) is 4.68 Å². The van der Waals surface area contributed by atoms with Crippen molar-refractivity contribution in [3.63, 3.8) is 0 Å². The monoisotopic (exact) mass is 367 g/mol. The highest BCUT2D eigenvalue weighted by atomic mass is 32.1. The number of aryl methyl sites for hydroxylation is 1. The molecule has 5 heteroatoms. The van der Waals surface area contributed by atoms with Crippen LogP contribution in [0.2, 0.25) is 0 Å². The highest BCUT2D eigenvalue weighted by molar-refractivity contribution is 7.13. The lowest BCUT2D eigenvalue weighted by atomic mass is 10.2. The third kappa shape index (κ3) is 3.88. The maximum absolute atomic E-state index is 13.3. The fourth-order valence-electron chi connectivity index (χ4n) is 3.05. The standard InChI is InChI=1S/C21H25N3OS/c1-4-11-23(12-5-2)21(25)19-15-18(20-10-7-13-26-20)22-24(19)17-9-6-8-16(3)14-17/h6-10,13-15H,4-5,11-12H2,1-3H3. The van der Waals surface area contributed by atoms with Crippen LogP contribution in [0, 0.1) is 6.92 Å². The Kier molecular flexibility index (Phi) is 5.89. The van der Waals surface area contributed by atoms with Gasteiger partial charge in [0.05, 0.1) is 10.6 Å². The second kappa shape index (κ2) is 8.32. The Morgan fingerprint density at radius 2 is 1.88 bits per heavy atom. The lowest BCUT2D eigenvalue weighted by Crippen LogP contribution is -2.33. The molecule has 0 bridgehead atoms. The molecule has 0 unspecified atom stereocenters. The number of carbonyl (C=O) groups excluding carboxylic acids is 1. The van der Waals surface area contributed by atoms with Crippen LogP contribution in [-0.2, 0) is 0 Å². The zero-order chi connectivity index (χ0) is 18.5. The van der Waals surface area contributed by atoms with Gasteiger partial charge in [0.25, 0.3) is 5.91 Å². The van der Waals surface area contributed by atoms with Crippen molar-refractivity contribution in [3.8, 4) is 16.3 Å². The molecule has 1 aromatic carbocycles. The molecule has 2 heterocycles. The van der Waals surface area contributed by atoms with Gasteiger partial charge in [0.2, 0.25) is 0 Å². The first-order chi connectivity index (χ1) is 12.6. The van der Waals surface area contributed by atoms with Gasteiger partial charge in [-0.2, -0.15) is 5.10 Å². The van der Waals surface area contributed by atoms with E-state index in [2.05, 4.69) is 32.9 Å². The number of nitrogens with zero attached hydrogens (tertiary/aromatic N) is 3. The minimum atomic E-state index is 0.0468. The summed E-state index contributed by atoms with van der Waals surface area (Å²) >= 11 is 1.64. The molecule has 0 atom stereocenters. The van der Waals surface area contributed by atoms with Crippen LogP contribution in [0.3, 0.4) is 0 Å². The first-order valence-corrected chi connectivity index (χ1v) is 10.0. The number of hydrogen-bond donors (Lipinski definition) is 0. The summed E-state index contributed by atoms with van der Waals surface area (Å²) < 4.78 is 1.79. The van der Waals surface area contributed by atoms with Crippen molar-refractivity contribution in [2.75, 3.05) is 13.1 Å². The Bertz CT molecular complexity index is 861. The fraction of sp³-hybridized carbons (Fsp3) is 0.333. The van der Waals surface area contributed by atoms with Gasteiger partial charge in [0, 0.05) is 13.1 Å². The fourth-order valence-corrected chi connectivity index (χ4v) is 3.73. The zero-order valence-electron chi connectivity index (χ0n) is 15.6. The molecule has 136 valence electrons. The molecular weight excluding hydrogens is 342 g/mol. The largest absolute Gasteiger partial charge is 0.337 e. The van der Waals surface area contributed by atoms with E-state index in [1.165, 1.54) is 0 Å². The molecule has 3 rings (SSSR count). The van der Waals surface area contributed by atoms with E-state index in [1.54, 1.807) is 16.0 Å². The topological polar surface area (TPSA) is 38.1 Å². The maximum Gasteiger partial charge on any atom is 0.272 e. The number of aromatic nitrogens is 2. The molecule has 26 heavy (non-hydrogen) atoms. The van der Waals surface area contributed by atoms with Gasteiger partial charge < -0.3 is 4.90 Å². The lowest BCUT2D eigenvalue weighted by molar-refractivity contribution is 0.0746. The SMILES string of the molecule is CCCN(CCC)C(=O)c1cc(-c2cccs2)nn1-c1cccc(C)c1. The molecule has 3 aromatic rings. The van der Waals surface area contributed by atoms with Gasteiger partial charge in [-0.15, -0.1) is 11.3 Å². The third-order valence-corrected chi connectivity index (χ3v) is 5.11. The number of rotatable bonds is 7. The van der Waals surface area contributed by atoms with Gasteiger partial charge >= 0.3 is 0 Å². The second-order valence-electron chi connectivity index (χ2n) is 6.44. The smallest absolute Gasteiger partial charge is 0.272 e. The minimum Gasteiger partial charge on any atom is -0.337 e. The molecule has 0 spiro atoms. The summed E-state index contributed by atoms with van der Waals surface area (Å²) in [4.78, 5) is 16.3. The van der Waals surface area contributed by atoms with E-state index in [4.69, 9.17) is 5.10 Å². The molecular formula is C21H25N3OS. The van der Waals surface area contributed by atoms with Crippen molar-refractivity contribution >= 4 is 17.2 Å². The summed E-state index contributed by atoms with van der Waals surface area (Å²) in [7, 11) is 0. The normalized spacial score (nSPS) is 10.9. The van der Waals surface area contributed by atoms with Crippen molar-refractivity contribution in [2.45, 2.75) is 33.6 Å². The first kappa shape index (κ1) is 18.4. The first-order valence-electron chi connectivity index (χ1n) is 9.14. The summed E-state index contributed by atoms with van der Waals surface area (Å²) in [5.74, 6) is 0.0468. The van der Waals surface area contributed by atoms with E-state index < -0.39 is 0 Å². The van der Waals surface area contributed by atoms with Crippen LogP contribution in [0.15, 0.2) is 47.8 Å². The molecule has 0 aliphatic rings. The van der Waals surface area contributed by atoms with Crippen molar-refractivity contribution in [1.29, 1.82) is 0 Å². The zero-order valence-corrected chi connectivity index (χ0v) is 16.4. The van der Waals surface area contributed by atoms with Gasteiger partial charge in [-0.05, 0) is 55.0 Å². The van der Waals surface area contributed by atoms with Crippen molar-refractivity contribution in [1.82, 2.24) is 14.7 Å². The molecule has 4 nitrogen and oxygen atoms in total. The summed E-state index contributed by atoms with van der Waals surface area (Å²) in [5, 5.41) is 6.80. The van der Waals surface area contributed by atoms with Gasteiger partial charge in [-0.3, -0.25) is 4.79 Å².